The fourth-order valence-electron chi connectivity index (χ4n) is 5.12. The fourth-order valence-corrected chi connectivity index (χ4v) is 6.39. The van der Waals surface area contributed by atoms with Gasteiger partial charge in [-0.2, -0.15) is 5.10 Å². The minimum atomic E-state index is -0.0406. The van der Waals surface area contributed by atoms with E-state index in [0.717, 1.165) is 51.2 Å². The van der Waals surface area contributed by atoms with E-state index in [-0.39, 0.29) is 17.6 Å². The second kappa shape index (κ2) is 8.92. The van der Waals surface area contributed by atoms with Crippen molar-refractivity contribution in [2.24, 2.45) is 5.92 Å². The number of nitrogens with one attached hydrogen (secondary N) is 2. The lowest BCUT2D eigenvalue weighted by Gasteiger charge is -2.31. The molecule has 2 aliphatic rings. The molecule has 0 saturated carbocycles. The normalized spacial score (nSPS) is 18.1. The van der Waals surface area contributed by atoms with Gasteiger partial charge >= 0.3 is 0 Å². The average Bonchev–Trinajstić information content (AvgIpc) is 3.48. The first-order chi connectivity index (χ1) is 17.1. The number of hydrogen-bond donors (Lipinski definition) is 2. The number of likely N-dealkylation sites (tertiary alicyclic amines) is 1. The molecule has 4 heterocycles. The van der Waals surface area contributed by atoms with Crippen LogP contribution in [-0.4, -0.2) is 56.5 Å². The molecule has 1 fully saturated rings. The van der Waals surface area contributed by atoms with Crippen molar-refractivity contribution in [1.82, 2.24) is 25.1 Å². The van der Waals surface area contributed by atoms with Gasteiger partial charge in [-0.3, -0.25) is 14.7 Å². The van der Waals surface area contributed by atoms with Crippen LogP contribution in [0.25, 0.3) is 21.1 Å². The number of aryl methyl sites for hydroxylation is 1. The second-order valence-electron chi connectivity index (χ2n) is 9.07. The molecule has 1 saturated heterocycles. The van der Waals surface area contributed by atoms with E-state index < -0.39 is 0 Å². The zero-order chi connectivity index (χ0) is 23.9. The van der Waals surface area contributed by atoms with Crippen LogP contribution in [-0.2, 0) is 22.4 Å². The Kier molecular flexibility index (Phi) is 5.60. The lowest BCUT2D eigenvalue weighted by Crippen LogP contribution is -2.43. The van der Waals surface area contributed by atoms with Crippen molar-refractivity contribution in [2.75, 3.05) is 25.0 Å². The maximum Gasteiger partial charge on any atom is 0.226 e. The van der Waals surface area contributed by atoms with E-state index >= 15 is 0 Å². The molecule has 3 aromatic heterocycles. The molecule has 6 rings (SSSR count). The number of piperidine rings is 1. The van der Waals surface area contributed by atoms with E-state index in [1.54, 1.807) is 23.9 Å². The van der Waals surface area contributed by atoms with Crippen molar-refractivity contribution >= 4 is 55.7 Å². The summed E-state index contributed by atoms with van der Waals surface area (Å²) in [7, 11) is 0. The number of ether oxygens (including phenoxy) is 1. The molecule has 9 nitrogen and oxygen atoms in total. The maximum atomic E-state index is 13.1. The van der Waals surface area contributed by atoms with Crippen molar-refractivity contribution in [1.29, 1.82) is 0 Å². The Morgan fingerprint density at radius 1 is 1.26 bits per heavy atom. The van der Waals surface area contributed by atoms with Gasteiger partial charge in [0.15, 0.2) is 0 Å². The first-order valence-corrected chi connectivity index (χ1v) is 12.8. The highest BCUT2D eigenvalue weighted by molar-refractivity contribution is 7.19. The molecule has 35 heavy (non-hydrogen) atoms. The van der Waals surface area contributed by atoms with Crippen LogP contribution >= 0.6 is 11.3 Å². The van der Waals surface area contributed by atoms with Crippen molar-refractivity contribution in [3.8, 4) is 5.75 Å². The van der Waals surface area contributed by atoms with E-state index in [0.29, 0.717) is 39.0 Å². The number of anilines is 2. The number of aromatic amines is 1. The van der Waals surface area contributed by atoms with Crippen LogP contribution in [0.3, 0.4) is 0 Å². The largest absolute Gasteiger partial charge is 0.492 e. The monoisotopic (exact) mass is 490 g/mol. The second-order valence-corrected chi connectivity index (χ2v) is 10.2. The van der Waals surface area contributed by atoms with Gasteiger partial charge in [0.1, 0.15) is 28.5 Å². The van der Waals surface area contributed by atoms with Crippen LogP contribution < -0.4 is 10.1 Å². The number of thiophene rings is 1. The Balaban J connectivity index is 1.30. The summed E-state index contributed by atoms with van der Waals surface area (Å²) in [6, 6.07) is 3.95. The number of carbonyl (C=O) groups excluding carboxylic acids is 2. The van der Waals surface area contributed by atoms with E-state index in [4.69, 9.17) is 4.74 Å². The SMILES string of the molecule is CCOc1cc2[nH]ncc2cc1Nc1ncnc2sc3c(c12)CCC(C(=O)N1CCC(=O)CC1)C3. The number of rotatable bonds is 5. The number of H-pyrrole nitrogens is 1. The summed E-state index contributed by atoms with van der Waals surface area (Å²) in [6.45, 7) is 3.60. The molecule has 0 radical (unpaired) electrons. The fraction of sp³-hybridized carbons (Fsp3) is 0.400. The Hall–Kier alpha value is -3.53. The number of aromatic nitrogens is 4. The summed E-state index contributed by atoms with van der Waals surface area (Å²) in [5.74, 6) is 1.87. The van der Waals surface area contributed by atoms with E-state index in [1.165, 1.54) is 10.4 Å². The number of benzene rings is 1. The zero-order valence-electron chi connectivity index (χ0n) is 19.5. The third-order valence-corrected chi connectivity index (χ3v) is 8.08. The van der Waals surface area contributed by atoms with Crippen LogP contribution in [0.1, 0.15) is 36.6 Å². The predicted molar refractivity (Wildman–Crippen MR) is 134 cm³/mol. The minimum absolute atomic E-state index is 0.0406. The number of Topliss-reactive ketones (excluding diaryl/α,β-unsaturated/α-hetero) is 1. The van der Waals surface area contributed by atoms with Gasteiger partial charge < -0.3 is 15.0 Å². The van der Waals surface area contributed by atoms with Gasteiger partial charge in [-0.1, -0.05) is 0 Å². The molecular formula is C25H26N6O3S. The van der Waals surface area contributed by atoms with Crippen molar-refractivity contribution in [3.63, 3.8) is 0 Å². The third-order valence-electron chi connectivity index (χ3n) is 6.92. The highest BCUT2D eigenvalue weighted by Crippen LogP contribution is 2.42. The highest BCUT2D eigenvalue weighted by Gasteiger charge is 2.33. The summed E-state index contributed by atoms with van der Waals surface area (Å²) in [4.78, 5) is 37.8. The topological polar surface area (TPSA) is 113 Å². The van der Waals surface area contributed by atoms with E-state index in [1.807, 2.05) is 24.0 Å². The number of fused-ring (bicyclic) bond motifs is 4. The number of carbonyl (C=O) groups is 2. The molecule has 0 bridgehead atoms. The molecule has 1 aliphatic heterocycles. The van der Waals surface area contributed by atoms with Crippen LogP contribution in [0.5, 0.6) is 5.75 Å². The standard InChI is InChI=1S/C25H26N6O3S/c1-2-34-20-11-18-15(12-28-30-18)9-19(20)29-23-22-17-4-3-14(10-21(17)35-24(22)27-13-26-23)25(33)31-7-5-16(32)6-8-31/h9,11-14H,2-8,10H2,1H3,(H,28,30)(H,26,27,29). The van der Waals surface area contributed by atoms with E-state index in [9.17, 15) is 9.59 Å². The van der Waals surface area contributed by atoms with Gasteiger partial charge in [0.2, 0.25) is 5.91 Å². The number of ketones is 1. The molecule has 1 atom stereocenters. The predicted octanol–water partition coefficient (Wildman–Crippen LogP) is 4.01. The number of hydrogen-bond acceptors (Lipinski definition) is 8. The van der Waals surface area contributed by atoms with Crippen molar-refractivity contribution in [2.45, 2.75) is 39.0 Å². The number of amides is 1. The lowest BCUT2D eigenvalue weighted by molar-refractivity contribution is -0.138. The van der Waals surface area contributed by atoms with Gasteiger partial charge in [0.05, 0.1) is 29.4 Å². The van der Waals surface area contributed by atoms with Crippen LogP contribution in [0.2, 0.25) is 0 Å². The number of nitrogens with zero attached hydrogens (tertiary/aromatic N) is 4. The zero-order valence-corrected chi connectivity index (χ0v) is 20.3. The molecule has 1 amide bonds. The molecule has 1 unspecified atom stereocenters. The Labute approximate surface area is 205 Å². The van der Waals surface area contributed by atoms with Gasteiger partial charge in [-0.15, -0.1) is 11.3 Å². The molecular weight excluding hydrogens is 464 g/mol. The Morgan fingerprint density at radius 2 is 2.11 bits per heavy atom. The summed E-state index contributed by atoms with van der Waals surface area (Å²) in [6.07, 6.45) is 6.63. The smallest absolute Gasteiger partial charge is 0.226 e. The first-order valence-electron chi connectivity index (χ1n) is 12.0. The Bertz CT molecular complexity index is 1430. The quantitative estimate of drug-likeness (QED) is 0.435. The van der Waals surface area contributed by atoms with Gasteiger partial charge in [0.25, 0.3) is 0 Å². The van der Waals surface area contributed by atoms with Gasteiger partial charge in [0, 0.05) is 48.2 Å². The van der Waals surface area contributed by atoms with Crippen LogP contribution in [0.15, 0.2) is 24.7 Å². The molecule has 0 spiro atoms. The summed E-state index contributed by atoms with van der Waals surface area (Å²) in [5.41, 5.74) is 2.96. The average molecular weight is 491 g/mol. The first kappa shape index (κ1) is 22.0. The molecule has 4 aromatic rings. The van der Waals surface area contributed by atoms with Gasteiger partial charge in [-0.25, -0.2) is 9.97 Å². The highest BCUT2D eigenvalue weighted by atomic mass is 32.1. The van der Waals surface area contributed by atoms with Crippen LogP contribution in [0, 0.1) is 5.92 Å². The van der Waals surface area contributed by atoms with Gasteiger partial charge in [-0.05, 0) is 37.8 Å². The van der Waals surface area contributed by atoms with Crippen LogP contribution in [0.4, 0.5) is 11.5 Å². The molecule has 1 aromatic carbocycles. The molecule has 180 valence electrons. The van der Waals surface area contributed by atoms with Crippen molar-refractivity contribution < 1.29 is 14.3 Å². The molecule has 10 heteroatoms. The Morgan fingerprint density at radius 3 is 2.94 bits per heavy atom. The summed E-state index contributed by atoms with van der Waals surface area (Å²) < 4.78 is 5.88. The lowest BCUT2D eigenvalue weighted by atomic mass is 9.86. The summed E-state index contributed by atoms with van der Waals surface area (Å²) in [5, 5.41) is 12.6. The maximum absolute atomic E-state index is 13.1. The third kappa shape index (κ3) is 4.01. The summed E-state index contributed by atoms with van der Waals surface area (Å²) >= 11 is 1.65. The minimum Gasteiger partial charge on any atom is -0.492 e. The van der Waals surface area contributed by atoms with Crippen molar-refractivity contribution in [3.05, 3.63) is 35.1 Å². The molecule has 2 N–H and O–H groups in total. The van der Waals surface area contributed by atoms with E-state index in [2.05, 4.69) is 25.5 Å². The molecule has 1 aliphatic carbocycles.